The lowest BCUT2D eigenvalue weighted by Crippen LogP contribution is -2.50. The molecule has 3 aromatic heterocycles. The summed E-state index contributed by atoms with van der Waals surface area (Å²) in [6, 6.07) is 10.1. The number of hydrogen-bond acceptors (Lipinski definition) is 7. The minimum Gasteiger partial charge on any atom is -0.388 e. The molecule has 3 N–H and O–H groups in total. The molecule has 1 aliphatic carbocycles. The van der Waals surface area contributed by atoms with Gasteiger partial charge in [-0.2, -0.15) is 5.10 Å². The lowest BCUT2D eigenvalue weighted by Gasteiger charge is -2.38. The number of rotatable bonds is 6. The third-order valence-corrected chi connectivity index (χ3v) is 7.22. The molecule has 2 fully saturated rings. The van der Waals surface area contributed by atoms with Gasteiger partial charge in [0, 0.05) is 30.9 Å². The number of amides is 3. The Morgan fingerprint density at radius 2 is 1.82 bits per heavy atom. The van der Waals surface area contributed by atoms with Crippen LogP contribution in [0.4, 0.5) is 16.2 Å². The molecule has 1 aliphatic heterocycles. The number of anilines is 2. The van der Waals surface area contributed by atoms with Crippen LogP contribution in [-0.2, 0) is 11.3 Å². The predicted molar refractivity (Wildman–Crippen MR) is 143 cm³/mol. The Bertz CT molecular complexity index is 1590. The number of nitrogens with zero attached hydrogens (tertiary/aromatic N) is 6. The van der Waals surface area contributed by atoms with Crippen molar-refractivity contribution < 1.29 is 14.7 Å². The van der Waals surface area contributed by atoms with E-state index in [0.717, 1.165) is 12.8 Å². The molecule has 1 aromatic carbocycles. The standard InChI is InChI=1S/C27H28N8O4/c36-24(18-6-7-18)33-11-8-27(39,9-12-33)16-34-17-29-23-22(25(34)37)15-30-35(23)21-5-1-3-19(13-21)31-26(38)32-20-4-2-10-28-14-20/h1-5,10,13-15,17-18,39H,6-9,11-12,16H2,(H2,31,32,38). The van der Waals surface area contributed by atoms with Gasteiger partial charge in [0.1, 0.15) is 11.7 Å². The van der Waals surface area contributed by atoms with Crippen molar-refractivity contribution in [3.63, 3.8) is 0 Å². The fraction of sp³-hybridized carbons (Fsp3) is 0.333. The fourth-order valence-corrected chi connectivity index (χ4v) is 4.90. The van der Waals surface area contributed by atoms with Gasteiger partial charge in [-0.3, -0.25) is 19.1 Å². The second-order valence-electron chi connectivity index (χ2n) is 10.2. The number of benzene rings is 1. The number of aliphatic hydroxyl groups is 1. The Morgan fingerprint density at radius 3 is 2.56 bits per heavy atom. The Hall–Kier alpha value is -4.58. The molecule has 12 nitrogen and oxygen atoms in total. The summed E-state index contributed by atoms with van der Waals surface area (Å²) in [5.41, 5.74) is 0.670. The molecule has 39 heavy (non-hydrogen) atoms. The molecule has 3 amide bonds. The van der Waals surface area contributed by atoms with Crippen molar-refractivity contribution >= 4 is 34.3 Å². The zero-order chi connectivity index (χ0) is 27.0. The van der Waals surface area contributed by atoms with Crippen LogP contribution in [0.5, 0.6) is 0 Å². The summed E-state index contributed by atoms with van der Waals surface area (Å²) in [5.74, 6) is 0.334. The van der Waals surface area contributed by atoms with Crippen LogP contribution in [0.2, 0.25) is 0 Å². The molecule has 0 unspecified atom stereocenters. The number of aromatic nitrogens is 5. The van der Waals surface area contributed by atoms with Gasteiger partial charge in [0.25, 0.3) is 5.56 Å². The average Bonchev–Trinajstić information content (AvgIpc) is 3.69. The Kier molecular flexibility index (Phi) is 6.31. The van der Waals surface area contributed by atoms with E-state index in [1.54, 1.807) is 48.8 Å². The number of piperidine rings is 1. The van der Waals surface area contributed by atoms with Crippen LogP contribution in [-0.4, -0.2) is 65.0 Å². The highest BCUT2D eigenvalue weighted by Gasteiger charge is 2.39. The maximum atomic E-state index is 13.3. The van der Waals surface area contributed by atoms with Gasteiger partial charge in [-0.1, -0.05) is 6.07 Å². The van der Waals surface area contributed by atoms with Crippen LogP contribution in [0, 0.1) is 5.92 Å². The minimum atomic E-state index is -1.09. The maximum absolute atomic E-state index is 13.3. The fourth-order valence-electron chi connectivity index (χ4n) is 4.90. The quantitative estimate of drug-likeness (QED) is 0.348. The Labute approximate surface area is 223 Å². The lowest BCUT2D eigenvalue weighted by molar-refractivity contribution is -0.137. The molecular formula is C27H28N8O4. The second kappa shape index (κ2) is 9.95. The number of hydrogen-bond donors (Lipinski definition) is 3. The third-order valence-electron chi connectivity index (χ3n) is 7.22. The second-order valence-corrected chi connectivity index (χ2v) is 10.2. The molecule has 12 heteroatoms. The van der Waals surface area contributed by atoms with Crippen LogP contribution in [0.25, 0.3) is 16.7 Å². The molecule has 4 heterocycles. The Morgan fingerprint density at radius 1 is 1.05 bits per heavy atom. The largest absolute Gasteiger partial charge is 0.388 e. The summed E-state index contributed by atoms with van der Waals surface area (Å²) in [7, 11) is 0. The molecule has 1 saturated carbocycles. The summed E-state index contributed by atoms with van der Waals surface area (Å²) in [5, 5.41) is 21.3. The van der Waals surface area contributed by atoms with Gasteiger partial charge in [0.2, 0.25) is 5.91 Å². The highest BCUT2D eigenvalue weighted by molar-refractivity contribution is 5.99. The number of nitrogens with one attached hydrogen (secondary N) is 2. The maximum Gasteiger partial charge on any atom is 0.323 e. The molecule has 2 aliphatic rings. The molecule has 0 bridgehead atoms. The number of likely N-dealkylation sites (tertiary alicyclic amines) is 1. The number of carbonyl (C=O) groups is 2. The van der Waals surface area contributed by atoms with Crippen molar-refractivity contribution in [3.05, 3.63) is 71.7 Å². The molecule has 6 rings (SSSR count). The number of pyridine rings is 1. The van der Waals surface area contributed by atoms with Crippen molar-refractivity contribution in [2.24, 2.45) is 5.92 Å². The van der Waals surface area contributed by atoms with Gasteiger partial charge in [0.15, 0.2) is 5.65 Å². The summed E-state index contributed by atoms with van der Waals surface area (Å²) in [4.78, 5) is 48.3. The minimum absolute atomic E-state index is 0.0941. The van der Waals surface area contributed by atoms with Gasteiger partial charge in [-0.05, 0) is 56.0 Å². The van der Waals surface area contributed by atoms with Crippen molar-refractivity contribution in [3.8, 4) is 5.69 Å². The SMILES string of the molecule is O=C(Nc1cccnc1)Nc1cccc(-n2ncc3c(=O)n(CC4(O)CCN(C(=O)C5CC5)CC4)cnc32)c1. The summed E-state index contributed by atoms with van der Waals surface area (Å²) < 4.78 is 2.94. The van der Waals surface area contributed by atoms with Gasteiger partial charge in [-0.25, -0.2) is 14.5 Å². The van der Waals surface area contributed by atoms with Crippen LogP contribution in [0.15, 0.2) is 66.1 Å². The van der Waals surface area contributed by atoms with Gasteiger partial charge >= 0.3 is 6.03 Å². The zero-order valence-corrected chi connectivity index (χ0v) is 21.2. The van der Waals surface area contributed by atoms with Crippen molar-refractivity contribution in [2.45, 2.75) is 37.8 Å². The summed E-state index contributed by atoms with van der Waals surface area (Å²) >= 11 is 0. The van der Waals surface area contributed by atoms with Crippen LogP contribution in [0.1, 0.15) is 25.7 Å². The first-order valence-corrected chi connectivity index (χ1v) is 12.9. The smallest absolute Gasteiger partial charge is 0.323 e. The molecule has 0 radical (unpaired) electrons. The normalized spacial score (nSPS) is 16.7. The van der Waals surface area contributed by atoms with Gasteiger partial charge in [-0.15, -0.1) is 0 Å². The lowest BCUT2D eigenvalue weighted by atomic mass is 9.91. The molecule has 1 saturated heterocycles. The molecule has 4 aromatic rings. The number of carbonyl (C=O) groups excluding carboxylic acids is 2. The first kappa shape index (κ1) is 24.7. The number of fused-ring (bicyclic) bond motifs is 1. The Balaban J connectivity index is 1.17. The van der Waals surface area contributed by atoms with E-state index in [4.69, 9.17) is 0 Å². The highest BCUT2D eigenvalue weighted by Crippen LogP contribution is 2.33. The first-order valence-electron chi connectivity index (χ1n) is 12.9. The zero-order valence-electron chi connectivity index (χ0n) is 21.2. The van der Waals surface area contributed by atoms with E-state index in [9.17, 15) is 19.5 Å². The first-order chi connectivity index (χ1) is 18.9. The van der Waals surface area contributed by atoms with Crippen molar-refractivity contribution in [1.82, 2.24) is 29.2 Å². The van der Waals surface area contributed by atoms with Crippen LogP contribution < -0.4 is 16.2 Å². The van der Waals surface area contributed by atoms with Crippen LogP contribution in [0.3, 0.4) is 0 Å². The molecular weight excluding hydrogens is 500 g/mol. The van der Waals surface area contributed by atoms with Crippen molar-refractivity contribution in [1.29, 1.82) is 0 Å². The van der Waals surface area contributed by atoms with E-state index in [1.807, 2.05) is 4.90 Å². The molecule has 200 valence electrons. The van der Waals surface area contributed by atoms with E-state index < -0.39 is 11.6 Å². The number of urea groups is 1. The van der Waals surface area contributed by atoms with E-state index in [-0.39, 0.29) is 23.9 Å². The summed E-state index contributed by atoms with van der Waals surface area (Å²) in [6.07, 6.45) is 8.76. The predicted octanol–water partition coefficient (Wildman–Crippen LogP) is 2.38. The van der Waals surface area contributed by atoms with Gasteiger partial charge in [0.05, 0.1) is 35.9 Å². The van der Waals surface area contributed by atoms with E-state index in [0.29, 0.717) is 54.0 Å². The van der Waals surface area contributed by atoms with E-state index in [2.05, 4.69) is 25.7 Å². The van der Waals surface area contributed by atoms with Crippen molar-refractivity contribution in [2.75, 3.05) is 23.7 Å². The van der Waals surface area contributed by atoms with Gasteiger partial charge < -0.3 is 20.6 Å². The van der Waals surface area contributed by atoms with E-state index >= 15 is 0 Å². The summed E-state index contributed by atoms with van der Waals surface area (Å²) in [6.45, 7) is 1.06. The van der Waals surface area contributed by atoms with E-state index in [1.165, 1.54) is 21.8 Å². The highest BCUT2D eigenvalue weighted by atomic mass is 16.3. The van der Waals surface area contributed by atoms with Crippen LogP contribution >= 0.6 is 0 Å². The molecule has 0 atom stereocenters. The topological polar surface area (TPSA) is 147 Å². The molecule has 0 spiro atoms. The third kappa shape index (κ3) is 5.23. The average molecular weight is 529 g/mol. The monoisotopic (exact) mass is 528 g/mol.